The molecule has 0 atom stereocenters. The summed E-state index contributed by atoms with van der Waals surface area (Å²) in [5.41, 5.74) is 1.41. The van der Waals surface area contributed by atoms with Crippen LogP contribution in [0.4, 0.5) is 5.69 Å². The minimum Gasteiger partial charge on any atom is -0.497 e. The molecule has 2 aliphatic rings. The standard InChI is InChI=1S/C16H22N2O2S/c1-19-12-5-6-13(14(9-12)20-2)18-15-17-10-16(11-21-15)7-3-4-8-16/h5-6,9H,3-4,7-8,10-11H2,1-2H3,(H,17,18). The molecule has 0 amide bonds. The molecule has 1 N–H and O–H groups in total. The Balaban J connectivity index is 1.71. The highest BCUT2D eigenvalue weighted by Crippen LogP contribution is 2.43. The molecule has 1 aliphatic carbocycles. The van der Waals surface area contributed by atoms with Crippen molar-refractivity contribution >= 4 is 22.6 Å². The van der Waals surface area contributed by atoms with Crippen molar-refractivity contribution in [2.75, 3.05) is 31.8 Å². The maximum Gasteiger partial charge on any atom is 0.161 e. The number of aliphatic imine (C=N–C) groups is 1. The summed E-state index contributed by atoms with van der Waals surface area (Å²) in [4.78, 5) is 4.76. The molecule has 114 valence electrons. The highest BCUT2D eigenvalue weighted by Gasteiger charge is 2.36. The summed E-state index contributed by atoms with van der Waals surface area (Å²) in [6, 6.07) is 5.78. The lowest BCUT2D eigenvalue weighted by molar-refractivity contribution is 0.359. The van der Waals surface area contributed by atoms with Gasteiger partial charge in [-0.1, -0.05) is 24.6 Å². The third kappa shape index (κ3) is 3.12. The van der Waals surface area contributed by atoms with E-state index in [2.05, 4.69) is 5.32 Å². The van der Waals surface area contributed by atoms with Gasteiger partial charge in [-0.25, -0.2) is 0 Å². The molecular formula is C16H22N2O2S. The number of ether oxygens (including phenoxy) is 2. The quantitative estimate of drug-likeness (QED) is 0.923. The van der Waals surface area contributed by atoms with Gasteiger partial charge in [-0.2, -0.15) is 0 Å². The van der Waals surface area contributed by atoms with Crippen LogP contribution in [0.3, 0.4) is 0 Å². The summed E-state index contributed by atoms with van der Waals surface area (Å²) in [5.74, 6) is 2.75. The predicted octanol–water partition coefficient (Wildman–Crippen LogP) is 3.78. The lowest BCUT2D eigenvalue weighted by Gasteiger charge is -2.31. The Kier molecular flexibility index (Phi) is 4.29. The first-order valence-corrected chi connectivity index (χ1v) is 8.40. The van der Waals surface area contributed by atoms with Crippen LogP contribution >= 0.6 is 11.8 Å². The molecule has 0 radical (unpaired) electrons. The van der Waals surface area contributed by atoms with Crippen LogP contribution in [0.25, 0.3) is 0 Å². The summed E-state index contributed by atoms with van der Waals surface area (Å²) in [6.07, 6.45) is 5.40. The molecule has 1 spiro atoms. The van der Waals surface area contributed by atoms with Gasteiger partial charge in [-0.15, -0.1) is 0 Å². The molecule has 0 saturated heterocycles. The average Bonchev–Trinajstić information content (AvgIpc) is 2.98. The van der Waals surface area contributed by atoms with Gasteiger partial charge in [0.05, 0.1) is 19.9 Å². The van der Waals surface area contributed by atoms with Crippen LogP contribution in [0.5, 0.6) is 11.5 Å². The summed E-state index contributed by atoms with van der Waals surface area (Å²) in [7, 11) is 3.33. The van der Waals surface area contributed by atoms with Gasteiger partial charge in [0.25, 0.3) is 0 Å². The fourth-order valence-electron chi connectivity index (χ4n) is 3.07. The van der Waals surface area contributed by atoms with E-state index in [0.29, 0.717) is 5.41 Å². The molecule has 0 bridgehead atoms. The number of methoxy groups -OCH3 is 2. The van der Waals surface area contributed by atoms with Crippen molar-refractivity contribution in [2.24, 2.45) is 10.4 Å². The van der Waals surface area contributed by atoms with E-state index in [1.54, 1.807) is 14.2 Å². The molecule has 5 heteroatoms. The molecule has 1 saturated carbocycles. The largest absolute Gasteiger partial charge is 0.497 e. The lowest BCUT2D eigenvalue weighted by atomic mass is 9.89. The number of amidine groups is 1. The number of nitrogens with zero attached hydrogens (tertiary/aromatic N) is 1. The Morgan fingerprint density at radius 2 is 2.00 bits per heavy atom. The summed E-state index contributed by atoms with van der Waals surface area (Å²) in [5, 5.41) is 4.39. The molecule has 1 aromatic rings. The number of hydrogen-bond acceptors (Lipinski definition) is 5. The topological polar surface area (TPSA) is 42.8 Å². The second-order valence-electron chi connectivity index (χ2n) is 5.81. The van der Waals surface area contributed by atoms with Crippen LogP contribution in [-0.2, 0) is 0 Å². The highest BCUT2D eigenvalue weighted by molar-refractivity contribution is 8.14. The fraction of sp³-hybridized carbons (Fsp3) is 0.562. The number of thioether (sulfide) groups is 1. The normalized spacial score (nSPS) is 20.2. The Hall–Kier alpha value is -1.36. The minimum absolute atomic E-state index is 0.472. The van der Waals surface area contributed by atoms with Gasteiger partial charge in [0.2, 0.25) is 0 Å². The number of benzene rings is 1. The van der Waals surface area contributed by atoms with Crippen molar-refractivity contribution in [3.05, 3.63) is 18.2 Å². The van der Waals surface area contributed by atoms with Crippen molar-refractivity contribution < 1.29 is 9.47 Å². The van der Waals surface area contributed by atoms with Crippen molar-refractivity contribution in [3.63, 3.8) is 0 Å². The maximum absolute atomic E-state index is 5.42. The zero-order valence-corrected chi connectivity index (χ0v) is 13.5. The van der Waals surface area contributed by atoms with Crippen molar-refractivity contribution in [1.82, 2.24) is 0 Å². The first kappa shape index (κ1) is 14.6. The Bertz CT molecular complexity index is 539. The van der Waals surface area contributed by atoms with Crippen LogP contribution in [-0.4, -0.2) is 31.7 Å². The first-order valence-electron chi connectivity index (χ1n) is 7.41. The van der Waals surface area contributed by atoms with Crippen molar-refractivity contribution in [3.8, 4) is 11.5 Å². The van der Waals surface area contributed by atoms with E-state index < -0.39 is 0 Å². The molecule has 1 heterocycles. The molecule has 0 unspecified atom stereocenters. The monoisotopic (exact) mass is 306 g/mol. The molecule has 21 heavy (non-hydrogen) atoms. The van der Waals surface area contributed by atoms with Crippen LogP contribution in [0.15, 0.2) is 23.2 Å². The molecule has 1 fully saturated rings. The second-order valence-corrected chi connectivity index (χ2v) is 6.77. The zero-order chi connectivity index (χ0) is 14.7. The molecule has 3 rings (SSSR count). The summed E-state index contributed by atoms with van der Waals surface area (Å²) >= 11 is 1.84. The second kappa shape index (κ2) is 6.18. The molecule has 1 aliphatic heterocycles. The van der Waals surface area contributed by atoms with E-state index in [-0.39, 0.29) is 0 Å². The number of nitrogens with one attached hydrogen (secondary N) is 1. The molecular weight excluding hydrogens is 284 g/mol. The van der Waals surface area contributed by atoms with Crippen molar-refractivity contribution in [2.45, 2.75) is 25.7 Å². The van der Waals surface area contributed by atoms with Crippen LogP contribution < -0.4 is 14.8 Å². The van der Waals surface area contributed by atoms with E-state index in [1.165, 1.54) is 31.4 Å². The smallest absolute Gasteiger partial charge is 0.161 e. The highest BCUT2D eigenvalue weighted by atomic mass is 32.2. The zero-order valence-electron chi connectivity index (χ0n) is 12.6. The van der Waals surface area contributed by atoms with Gasteiger partial charge >= 0.3 is 0 Å². The number of anilines is 1. The molecule has 0 aromatic heterocycles. The minimum atomic E-state index is 0.472. The van der Waals surface area contributed by atoms with Crippen LogP contribution in [0.1, 0.15) is 25.7 Å². The SMILES string of the molecule is COc1ccc(NC2=NCC3(CCCC3)CS2)c(OC)c1. The van der Waals surface area contributed by atoms with E-state index in [1.807, 2.05) is 30.0 Å². The van der Waals surface area contributed by atoms with Gasteiger partial charge in [-0.05, 0) is 30.4 Å². The number of rotatable bonds is 3. The van der Waals surface area contributed by atoms with Gasteiger partial charge in [0, 0.05) is 18.4 Å². The fourth-order valence-corrected chi connectivity index (χ4v) is 4.23. The van der Waals surface area contributed by atoms with E-state index in [9.17, 15) is 0 Å². The van der Waals surface area contributed by atoms with Gasteiger partial charge < -0.3 is 14.8 Å². The maximum atomic E-state index is 5.42. The van der Waals surface area contributed by atoms with Crippen LogP contribution in [0.2, 0.25) is 0 Å². The molecule has 4 nitrogen and oxygen atoms in total. The van der Waals surface area contributed by atoms with Crippen LogP contribution in [0, 0.1) is 5.41 Å². The lowest BCUT2D eigenvalue weighted by Crippen LogP contribution is -2.30. The third-order valence-corrected chi connectivity index (χ3v) is 5.65. The Morgan fingerprint density at radius 1 is 1.19 bits per heavy atom. The summed E-state index contributed by atoms with van der Waals surface area (Å²) < 4.78 is 10.6. The molecule has 1 aromatic carbocycles. The van der Waals surface area contributed by atoms with Gasteiger partial charge in [0.15, 0.2) is 5.17 Å². The van der Waals surface area contributed by atoms with E-state index in [4.69, 9.17) is 14.5 Å². The van der Waals surface area contributed by atoms with E-state index in [0.717, 1.165) is 28.9 Å². The third-order valence-electron chi connectivity index (χ3n) is 4.39. The first-order chi connectivity index (χ1) is 10.2. The van der Waals surface area contributed by atoms with Crippen molar-refractivity contribution in [1.29, 1.82) is 0 Å². The predicted molar refractivity (Wildman–Crippen MR) is 88.8 cm³/mol. The van der Waals surface area contributed by atoms with E-state index >= 15 is 0 Å². The average molecular weight is 306 g/mol. The Morgan fingerprint density at radius 3 is 2.62 bits per heavy atom. The Labute approximate surface area is 130 Å². The van der Waals surface area contributed by atoms with Gasteiger partial charge in [0.1, 0.15) is 11.5 Å². The van der Waals surface area contributed by atoms with Gasteiger partial charge in [-0.3, -0.25) is 4.99 Å². The summed E-state index contributed by atoms with van der Waals surface area (Å²) in [6.45, 7) is 0.959. The number of hydrogen-bond donors (Lipinski definition) is 1.